The van der Waals surface area contributed by atoms with Gasteiger partial charge in [-0.15, -0.1) is 0 Å². The molecule has 150 valence electrons. The standard InChI is InChI=1S/C25H22F4/c1-2-3-4-5-16-6-9-21-19(12-16)14-20-13-17(7-10-22(20)21)18-8-11-23(24(26)15-18)25(27,28)29/h6-13,15H,2-5,14H2,1H3. The van der Waals surface area contributed by atoms with E-state index in [1.165, 1.54) is 42.0 Å². The second-order valence-electron chi connectivity index (χ2n) is 7.69. The van der Waals surface area contributed by atoms with Crippen molar-refractivity contribution in [3.05, 3.63) is 82.7 Å². The SMILES string of the molecule is CCCCCc1ccc2c(c1)Cc1cc(-c3ccc(C(F)(F)F)c(F)c3)ccc1-2. The highest BCUT2D eigenvalue weighted by molar-refractivity contribution is 5.80. The lowest BCUT2D eigenvalue weighted by Gasteiger charge is -2.10. The normalized spacial score (nSPS) is 12.7. The molecule has 0 heterocycles. The molecule has 0 fully saturated rings. The summed E-state index contributed by atoms with van der Waals surface area (Å²) in [6, 6.07) is 15.5. The summed E-state index contributed by atoms with van der Waals surface area (Å²) in [4.78, 5) is 0. The molecular formula is C25H22F4. The summed E-state index contributed by atoms with van der Waals surface area (Å²) in [7, 11) is 0. The summed E-state index contributed by atoms with van der Waals surface area (Å²) in [5.41, 5.74) is 6.07. The molecule has 1 aliphatic rings. The molecule has 0 nitrogen and oxygen atoms in total. The van der Waals surface area contributed by atoms with Crippen LogP contribution in [0.2, 0.25) is 0 Å². The fourth-order valence-corrected chi connectivity index (χ4v) is 4.10. The van der Waals surface area contributed by atoms with E-state index in [1.807, 2.05) is 18.2 Å². The highest BCUT2D eigenvalue weighted by Crippen LogP contribution is 2.40. The minimum Gasteiger partial charge on any atom is -0.206 e. The smallest absolute Gasteiger partial charge is 0.206 e. The van der Waals surface area contributed by atoms with E-state index in [-0.39, 0.29) is 0 Å². The van der Waals surface area contributed by atoms with Gasteiger partial charge in [0.1, 0.15) is 5.82 Å². The van der Waals surface area contributed by atoms with Crippen LogP contribution in [0.1, 0.15) is 48.4 Å². The highest BCUT2D eigenvalue weighted by atomic mass is 19.4. The molecule has 0 saturated carbocycles. The molecule has 0 spiro atoms. The van der Waals surface area contributed by atoms with Crippen LogP contribution in [0.25, 0.3) is 22.3 Å². The number of unbranched alkanes of at least 4 members (excludes halogenated alkanes) is 2. The Labute approximate surface area is 168 Å². The number of benzene rings is 3. The summed E-state index contributed by atoms with van der Waals surface area (Å²) < 4.78 is 52.4. The van der Waals surface area contributed by atoms with Crippen LogP contribution < -0.4 is 0 Å². The Hall–Kier alpha value is -2.62. The third-order valence-corrected chi connectivity index (χ3v) is 5.62. The molecule has 29 heavy (non-hydrogen) atoms. The van der Waals surface area contributed by atoms with Crippen LogP contribution in [-0.4, -0.2) is 0 Å². The van der Waals surface area contributed by atoms with Crippen LogP contribution in [0.3, 0.4) is 0 Å². The predicted octanol–water partition coefficient (Wildman–Crippen LogP) is 7.82. The first kappa shape index (κ1) is 19.7. The van der Waals surface area contributed by atoms with Gasteiger partial charge in [0.05, 0.1) is 5.56 Å². The Balaban J connectivity index is 1.60. The minimum absolute atomic E-state index is 0.453. The van der Waals surface area contributed by atoms with Crippen molar-refractivity contribution in [2.24, 2.45) is 0 Å². The molecule has 0 unspecified atom stereocenters. The van der Waals surface area contributed by atoms with Crippen molar-refractivity contribution in [2.45, 2.75) is 45.2 Å². The molecular weight excluding hydrogens is 376 g/mol. The van der Waals surface area contributed by atoms with Gasteiger partial charge in [0, 0.05) is 0 Å². The Morgan fingerprint density at radius 3 is 2.14 bits per heavy atom. The van der Waals surface area contributed by atoms with Gasteiger partial charge >= 0.3 is 6.18 Å². The van der Waals surface area contributed by atoms with E-state index >= 15 is 0 Å². The van der Waals surface area contributed by atoms with Gasteiger partial charge in [-0.05, 0) is 70.3 Å². The number of rotatable bonds is 5. The molecule has 4 rings (SSSR count). The van der Waals surface area contributed by atoms with Gasteiger partial charge < -0.3 is 0 Å². The van der Waals surface area contributed by atoms with Gasteiger partial charge in [0.2, 0.25) is 0 Å². The van der Waals surface area contributed by atoms with Gasteiger partial charge in [-0.2, -0.15) is 13.2 Å². The number of aryl methyl sites for hydroxylation is 1. The Kier molecular flexibility index (Phi) is 5.20. The number of fused-ring (bicyclic) bond motifs is 3. The van der Waals surface area contributed by atoms with Crippen molar-refractivity contribution in [3.8, 4) is 22.3 Å². The number of alkyl halides is 3. The summed E-state index contributed by atoms with van der Waals surface area (Å²) in [5.74, 6) is -1.24. The quantitative estimate of drug-likeness (QED) is 0.237. The van der Waals surface area contributed by atoms with Crippen LogP contribution in [-0.2, 0) is 19.0 Å². The lowest BCUT2D eigenvalue weighted by molar-refractivity contribution is -0.139. The average Bonchev–Trinajstić information content (AvgIpc) is 3.04. The topological polar surface area (TPSA) is 0 Å². The minimum atomic E-state index is -4.68. The second kappa shape index (κ2) is 7.66. The summed E-state index contributed by atoms with van der Waals surface area (Å²) in [5, 5.41) is 0. The molecule has 0 aromatic heterocycles. The summed E-state index contributed by atoms with van der Waals surface area (Å²) >= 11 is 0. The molecule has 3 aromatic rings. The highest BCUT2D eigenvalue weighted by Gasteiger charge is 2.34. The first-order valence-corrected chi connectivity index (χ1v) is 9.99. The molecule has 0 radical (unpaired) electrons. The van der Waals surface area contributed by atoms with E-state index in [4.69, 9.17) is 0 Å². The third kappa shape index (κ3) is 3.93. The van der Waals surface area contributed by atoms with Crippen molar-refractivity contribution in [1.29, 1.82) is 0 Å². The van der Waals surface area contributed by atoms with Gasteiger partial charge in [-0.25, -0.2) is 4.39 Å². The van der Waals surface area contributed by atoms with Crippen molar-refractivity contribution in [3.63, 3.8) is 0 Å². The van der Waals surface area contributed by atoms with E-state index in [2.05, 4.69) is 25.1 Å². The van der Waals surface area contributed by atoms with E-state index < -0.39 is 17.6 Å². The Bertz CT molecular complexity index is 1050. The molecule has 3 aromatic carbocycles. The molecule has 0 N–H and O–H groups in total. The zero-order valence-corrected chi connectivity index (χ0v) is 16.2. The van der Waals surface area contributed by atoms with Gasteiger partial charge in [0.15, 0.2) is 0 Å². The van der Waals surface area contributed by atoms with Crippen LogP contribution in [0.4, 0.5) is 17.6 Å². The zero-order chi connectivity index (χ0) is 20.6. The Morgan fingerprint density at radius 2 is 1.45 bits per heavy atom. The van der Waals surface area contributed by atoms with Crippen molar-refractivity contribution in [2.75, 3.05) is 0 Å². The lowest BCUT2D eigenvalue weighted by atomic mass is 9.98. The molecule has 0 bridgehead atoms. The molecule has 4 heteroatoms. The zero-order valence-electron chi connectivity index (χ0n) is 16.2. The van der Waals surface area contributed by atoms with Crippen LogP contribution in [0, 0.1) is 5.82 Å². The number of halogens is 4. The van der Waals surface area contributed by atoms with Crippen molar-refractivity contribution in [1.82, 2.24) is 0 Å². The van der Waals surface area contributed by atoms with E-state index in [9.17, 15) is 17.6 Å². The average molecular weight is 398 g/mol. The van der Waals surface area contributed by atoms with E-state index in [0.717, 1.165) is 41.7 Å². The Morgan fingerprint density at radius 1 is 0.793 bits per heavy atom. The molecule has 0 amide bonds. The van der Waals surface area contributed by atoms with E-state index in [1.54, 1.807) is 0 Å². The van der Waals surface area contributed by atoms with Crippen molar-refractivity contribution < 1.29 is 17.6 Å². The van der Waals surface area contributed by atoms with E-state index in [0.29, 0.717) is 5.56 Å². The fourth-order valence-electron chi connectivity index (χ4n) is 4.10. The van der Waals surface area contributed by atoms with Gasteiger partial charge in [-0.3, -0.25) is 0 Å². The van der Waals surface area contributed by atoms with Gasteiger partial charge in [0.25, 0.3) is 0 Å². The number of hydrogen-bond donors (Lipinski definition) is 0. The predicted molar refractivity (Wildman–Crippen MR) is 108 cm³/mol. The lowest BCUT2D eigenvalue weighted by Crippen LogP contribution is -2.07. The van der Waals surface area contributed by atoms with Crippen LogP contribution in [0.15, 0.2) is 54.6 Å². The molecule has 1 aliphatic carbocycles. The monoisotopic (exact) mass is 398 g/mol. The maximum absolute atomic E-state index is 14.0. The van der Waals surface area contributed by atoms with Crippen molar-refractivity contribution >= 4 is 0 Å². The summed E-state index contributed by atoms with van der Waals surface area (Å²) in [6.07, 6.45) is 0.799. The third-order valence-electron chi connectivity index (χ3n) is 5.62. The molecule has 0 atom stereocenters. The van der Waals surface area contributed by atoms with Crippen LogP contribution >= 0.6 is 0 Å². The van der Waals surface area contributed by atoms with Crippen LogP contribution in [0.5, 0.6) is 0 Å². The summed E-state index contributed by atoms with van der Waals surface area (Å²) in [6.45, 7) is 2.19. The van der Waals surface area contributed by atoms with Gasteiger partial charge in [-0.1, -0.05) is 62.2 Å². The first-order valence-electron chi connectivity index (χ1n) is 9.99. The number of hydrogen-bond acceptors (Lipinski definition) is 0. The molecule has 0 saturated heterocycles. The molecule has 0 aliphatic heterocycles. The first-order chi connectivity index (χ1) is 13.9. The maximum atomic E-state index is 14.0. The largest absolute Gasteiger partial charge is 0.419 e. The fraction of sp³-hybridized carbons (Fsp3) is 0.280. The second-order valence-corrected chi connectivity index (χ2v) is 7.69. The maximum Gasteiger partial charge on any atom is 0.419 e.